The second-order valence-corrected chi connectivity index (χ2v) is 5.94. The Labute approximate surface area is 116 Å². The van der Waals surface area contributed by atoms with Crippen molar-refractivity contribution < 1.29 is 12.8 Å². The van der Waals surface area contributed by atoms with Crippen LogP contribution in [0.25, 0.3) is 0 Å². The molecule has 2 aromatic rings. The van der Waals surface area contributed by atoms with Gasteiger partial charge in [-0.15, -0.1) is 0 Å². The van der Waals surface area contributed by atoms with Gasteiger partial charge < -0.3 is 4.90 Å². The largest absolute Gasteiger partial charge is 0.355 e. The summed E-state index contributed by atoms with van der Waals surface area (Å²) < 4.78 is 35.1. The van der Waals surface area contributed by atoms with Gasteiger partial charge in [0.05, 0.1) is 0 Å². The molecule has 0 unspecified atom stereocenters. The Morgan fingerprint density at radius 2 is 1.85 bits per heavy atom. The summed E-state index contributed by atoms with van der Waals surface area (Å²) in [6.45, 7) is 0.530. The van der Waals surface area contributed by atoms with E-state index in [4.69, 9.17) is 5.14 Å². The number of nitrogens with zero attached hydrogens (tertiary/aromatic N) is 2. The molecule has 0 radical (unpaired) electrons. The summed E-state index contributed by atoms with van der Waals surface area (Å²) >= 11 is 0. The first-order chi connectivity index (χ1) is 9.36. The Bertz CT molecular complexity index is 685. The molecule has 0 bridgehead atoms. The average molecular weight is 295 g/mol. The highest BCUT2D eigenvalue weighted by Crippen LogP contribution is 2.15. The average Bonchev–Trinajstić information content (AvgIpc) is 2.40. The van der Waals surface area contributed by atoms with Crippen LogP contribution < -0.4 is 10.0 Å². The van der Waals surface area contributed by atoms with Gasteiger partial charge in [-0.05, 0) is 29.8 Å². The summed E-state index contributed by atoms with van der Waals surface area (Å²) in [6, 6.07) is 9.12. The van der Waals surface area contributed by atoms with Gasteiger partial charge in [0, 0.05) is 19.8 Å². The lowest BCUT2D eigenvalue weighted by Gasteiger charge is -2.18. The lowest BCUT2D eigenvalue weighted by Crippen LogP contribution is -2.18. The third-order valence-corrected chi connectivity index (χ3v) is 3.67. The van der Waals surface area contributed by atoms with Crippen molar-refractivity contribution in [3.8, 4) is 0 Å². The fourth-order valence-corrected chi connectivity index (χ4v) is 2.17. The number of sulfonamides is 1. The molecular weight excluding hydrogens is 281 g/mol. The number of hydrogen-bond donors (Lipinski definition) is 1. The van der Waals surface area contributed by atoms with E-state index in [-0.39, 0.29) is 10.7 Å². The van der Waals surface area contributed by atoms with Crippen LogP contribution >= 0.6 is 0 Å². The van der Waals surface area contributed by atoms with E-state index in [1.165, 1.54) is 24.4 Å². The lowest BCUT2D eigenvalue weighted by molar-refractivity contribution is 0.597. The van der Waals surface area contributed by atoms with Crippen LogP contribution in [-0.2, 0) is 16.6 Å². The Morgan fingerprint density at radius 3 is 2.35 bits per heavy atom. The van der Waals surface area contributed by atoms with Gasteiger partial charge in [-0.3, -0.25) is 0 Å². The summed E-state index contributed by atoms with van der Waals surface area (Å²) in [5.41, 5.74) is 0.922. The van der Waals surface area contributed by atoms with E-state index >= 15 is 0 Å². The van der Waals surface area contributed by atoms with E-state index in [0.717, 1.165) is 5.56 Å². The molecule has 1 heterocycles. The maximum absolute atomic E-state index is 12.8. The summed E-state index contributed by atoms with van der Waals surface area (Å²) in [4.78, 5) is 5.84. The summed E-state index contributed by atoms with van der Waals surface area (Å²) in [5, 5.41) is 5.00. The molecule has 0 aliphatic heterocycles. The molecule has 5 nitrogen and oxygen atoms in total. The molecule has 1 aromatic carbocycles. The fourth-order valence-electron chi connectivity index (χ4n) is 1.71. The maximum Gasteiger partial charge on any atom is 0.239 e. The molecule has 106 valence electrons. The number of hydrogen-bond acceptors (Lipinski definition) is 4. The summed E-state index contributed by atoms with van der Waals surface area (Å²) in [6.07, 6.45) is 1.21. The number of halogens is 1. The minimum Gasteiger partial charge on any atom is -0.355 e. The van der Waals surface area contributed by atoms with Crippen molar-refractivity contribution in [3.63, 3.8) is 0 Å². The zero-order valence-electron chi connectivity index (χ0n) is 10.8. The normalized spacial score (nSPS) is 11.3. The van der Waals surface area contributed by atoms with Gasteiger partial charge in [-0.2, -0.15) is 0 Å². The smallest absolute Gasteiger partial charge is 0.239 e. The van der Waals surface area contributed by atoms with Crippen LogP contribution in [0.1, 0.15) is 5.56 Å². The summed E-state index contributed by atoms with van der Waals surface area (Å²) in [5.74, 6) is 0.314. The van der Waals surface area contributed by atoms with Crippen molar-refractivity contribution in [2.24, 2.45) is 5.14 Å². The van der Waals surface area contributed by atoms with Crippen LogP contribution in [0.5, 0.6) is 0 Å². The van der Waals surface area contributed by atoms with Gasteiger partial charge in [-0.1, -0.05) is 12.1 Å². The first-order valence-corrected chi connectivity index (χ1v) is 7.35. The van der Waals surface area contributed by atoms with E-state index in [1.54, 1.807) is 18.2 Å². The Kier molecular flexibility index (Phi) is 4.01. The van der Waals surface area contributed by atoms with Crippen LogP contribution in [0.15, 0.2) is 47.5 Å². The van der Waals surface area contributed by atoms with Crippen LogP contribution in [0.3, 0.4) is 0 Å². The second-order valence-electron chi connectivity index (χ2n) is 4.38. The predicted molar refractivity (Wildman–Crippen MR) is 74.1 cm³/mol. The molecule has 0 fully saturated rings. The van der Waals surface area contributed by atoms with Crippen LogP contribution in [-0.4, -0.2) is 20.4 Å². The van der Waals surface area contributed by atoms with Crippen molar-refractivity contribution in [3.05, 3.63) is 54.0 Å². The topological polar surface area (TPSA) is 76.3 Å². The van der Waals surface area contributed by atoms with Crippen molar-refractivity contribution in [2.75, 3.05) is 11.9 Å². The molecule has 2 rings (SSSR count). The van der Waals surface area contributed by atoms with E-state index in [1.807, 2.05) is 11.9 Å². The predicted octanol–water partition coefficient (Wildman–Crippen LogP) is 1.50. The van der Waals surface area contributed by atoms with Crippen molar-refractivity contribution >= 4 is 15.8 Å². The molecule has 0 saturated heterocycles. The number of nitrogens with two attached hydrogens (primary N) is 1. The number of benzene rings is 1. The number of rotatable bonds is 4. The molecule has 20 heavy (non-hydrogen) atoms. The van der Waals surface area contributed by atoms with Gasteiger partial charge in [0.15, 0.2) is 0 Å². The minimum atomic E-state index is -3.73. The Morgan fingerprint density at radius 1 is 1.20 bits per heavy atom. The maximum atomic E-state index is 12.8. The van der Waals surface area contributed by atoms with E-state index in [0.29, 0.717) is 12.4 Å². The van der Waals surface area contributed by atoms with Crippen LogP contribution in [0.4, 0.5) is 10.2 Å². The van der Waals surface area contributed by atoms with E-state index in [9.17, 15) is 12.8 Å². The molecule has 7 heteroatoms. The highest BCUT2D eigenvalue weighted by atomic mass is 32.2. The number of primary sulfonamides is 1. The highest BCUT2D eigenvalue weighted by Gasteiger charge is 2.09. The van der Waals surface area contributed by atoms with E-state index < -0.39 is 10.0 Å². The molecular formula is C13H14FN3O2S. The van der Waals surface area contributed by atoms with Gasteiger partial charge in [0.25, 0.3) is 0 Å². The molecule has 1 aromatic heterocycles. The van der Waals surface area contributed by atoms with Gasteiger partial charge >= 0.3 is 0 Å². The molecule has 0 saturated carbocycles. The number of aromatic nitrogens is 1. The van der Waals surface area contributed by atoms with Gasteiger partial charge in [-0.25, -0.2) is 22.9 Å². The fraction of sp³-hybridized carbons (Fsp3) is 0.154. The SMILES string of the molecule is CN(Cc1ccc(F)cc1)c1ccc(S(N)(=O)=O)cn1. The minimum absolute atomic E-state index is 0.0311. The lowest BCUT2D eigenvalue weighted by atomic mass is 10.2. The first kappa shape index (κ1) is 14.4. The molecule has 2 N–H and O–H groups in total. The van der Waals surface area contributed by atoms with Crippen molar-refractivity contribution in [1.82, 2.24) is 4.98 Å². The molecule has 0 atom stereocenters. The van der Waals surface area contributed by atoms with Crippen molar-refractivity contribution in [1.29, 1.82) is 0 Å². The Balaban J connectivity index is 2.13. The van der Waals surface area contributed by atoms with Crippen LogP contribution in [0.2, 0.25) is 0 Å². The monoisotopic (exact) mass is 295 g/mol. The van der Waals surface area contributed by atoms with Gasteiger partial charge in [0.1, 0.15) is 16.5 Å². The summed E-state index contributed by atoms with van der Waals surface area (Å²) in [7, 11) is -1.92. The molecule has 0 spiro atoms. The van der Waals surface area contributed by atoms with Crippen LogP contribution in [0, 0.1) is 5.82 Å². The number of anilines is 1. The number of pyridine rings is 1. The second kappa shape index (κ2) is 5.56. The highest BCUT2D eigenvalue weighted by molar-refractivity contribution is 7.89. The zero-order valence-corrected chi connectivity index (χ0v) is 11.6. The standard InChI is InChI=1S/C13H14FN3O2S/c1-17(9-10-2-4-11(14)5-3-10)13-7-6-12(8-16-13)20(15,18)19/h2-8H,9H2,1H3,(H2,15,18,19). The van der Waals surface area contributed by atoms with E-state index in [2.05, 4.69) is 4.98 Å². The molecule has 0 aliphatic carbocycles. The third-order valence-electron chi connectivity index (χ3n) is 2.77. The first-order valence-electron chi connectivity index (χ1n) is 5.81. The Hall–Kier alpha value is -1.99. The van der Waals surface area contributed by atoms with Crippen molar-refractivity contribution in [2.45, 2.75) is 11.4 Å². The third kappa shape index (κ3) is 3.52. The van der Waals surface area contributed by atoms with Gasteiger partial charge in [0.2, 0.25) is 10.0 Å². The quantitative estimate of drug-likeness (QED) is 0.927. The molecule has 0 amide bonds. The zero-order chi connectivity index (χ0) is 14.8. The molecule has 0 aliphatic rings.